The van der Waals surface area contributed by atoms with Gasteiger partial charge < -0.3 is 124 Å². The van der Waals surface area contributed by atoms with Crippen LogP contribution in [-0.2, 0) is 257 Å². The van der Waals surface area contributed by atoms with Crippen LogP contribution in [0.5, 0.6) is 0 Å². The molecule has 30 atom stereocenters. The lowest BCUT2D eigenvalue weighted by Crippen LogP contribution is -2.71. The summed E-state index contributed by atoms with van der Waals surface area (Å²) in [7, 11) is -29.0. The summed E-state index contributed by atoms with van der Waals surface area (Å²) in [4.78, 5) is 167. The molecule has 22 saturated heterocycles. The molecule has 0 saturated carbocycles. The first-order chi connectivity index (χ1) is 68.6. The average Bonchev–Trinajstić information content (AvgIpc) is 1.51. The van der Waals surface area contributed by atoms with Crippen molar-refractivity contribution in [2.45, 2.75) is 273 Å². The maximum Gasteiger partial charge on any atom is 0.407 e. The highest BCUT2D eigenvalue weighted by Crippen LogP contribution is 2.47. The normalized spacial score (nSPS) is 31.7. The minimum atomic E-state index is -4.83. The molecule has 0 aromatic heterocycles. The molecular formula is C84H115NO55S7. The molecule has 63 heteroatoms. The molecule has 1 N–H and O–H groups in total. The second-order valence-electron chi connectivity index (χ2n) is 34.2. The molecule has 1 aliphatic carbocycles. The van der Waals surface area contributed by atoms with Crippen LogP contribution >= 0.6 is 11.8 Å². The van der Waals surface area contributed by atoms with E-state index < -0.39 is 363 Å². The molecule has 0 spiro atoms. The van der Waals surface area contributed by atoms with Crippen molar-refractivity contribution in [3.05, 3.63) is 59.7 Å². The van der Waals surface area contributed by atoms with Gasteiger partial charge in [-0.2, -0.15) is 62.3 Å². The Morgan fingerprint density at radius 3 is 0.694 bits per heavy atom. The number of esters is 11. The number of hydrogen-bond acceptors (Lipinski definition) is 56. The van der Waals surface area contributed by atoms with Crippen molar-refractivity contribution in [3.63, 3.8) is 0 Å². The SMILES string of the molecule is CC(=O)O[C@@H]1[C@@H](OC(C)=O)[C@H]2O[C@H]3[C@H](OC(C)=O)[C@@H](OCCCSCCNC(=O)OCC4c5ccccc5-c5ccccc54)[C@@H](O[C@H]4[C@H](OC(C)=O)[C@@H](OC(C)=O)[C@@H](O[C@@H]5[C@@H](OC(C)=O)[C@H](OC(C)=O)[C@H](O[C@@H]6[C@@H](OC(C)=O)[C@H](OC(C)=O)[C@H](O[C@@H]7[C@@H](OC(C)=O)[C@H](OC(C)=O)[C@H](O[C@@H]1[C@@H](COS(C)(=O)=O)O2)O[C@H]7COS(C)(=O)=O)O[C@H]6COS(C)(=O)=O)O[C@H]5COS(C)(=O)=O)O[C@@H]4COS(C)(=O)=O)O[C@@H]3COS(C)(=O)=O. The molecule has 56 nitrogen and oxygen atoms in total. The third-order valence-corrected chi connectivity index (χ3v) is 26.4. The Morgan fingerprint density at radius 2 is 0.476 bits per heavy atom. The highest BCUT2D eigenvalue weighted by molar-refractivity contribution is 7.99. The fourth-order valence-electron chi connectivity index (χ4n) is 16.9. The number of carbonyl (C=O) groups is 12. The van der Waals surface area contributed by atoms with E-state index in [1.165, 1.54) is 11.8 Å². The summed E-state index contributed by atoms with van der Waals surface area (Å²) in [5.74, 6) is -15.3. The summed E-state index contributed by atoms with van der Waals surface area (Å²) in [6.07, 6.45) is -72.4. The predicted octanol–water partition coefficient (Wildman–Crippen LogP) is -2.19. The van der Waals surface area contributed by atoms with Crippen LogP contribution in [0.4, 0.5) is 4.79 Å². The van der Waals surface area contributed by atoms with Crippen LogP contribution in [0.2, 0.25) is 0 Å². The topological polar surface area (TPSA) is 708 Å². The Labute approximate surface area is 848 Å². The highest BCUT2D eigenvalue weighted by Gasteiger charge is 2.65. The summed E-state index contributed by atoms with van der Waals surface area (Å²) in [5, 5.41) is 2.70. The number of alkyl carbamates (subject to hydrolysis) is 1. The van der Waals surface area contributed by atoms with Gasteiger partial charge in [0.25, 0.3) is 60.7 Å². The van der Waals surface area contributed by atoms with E-state index in [1.807, 2.05) is 48.5 Å². The van der Waals surface area contributed by atoms with Crippen molar-refractivity contribution in [2.24, 2.45) is 0 Å². The lowest BCUT2D eigenvalue weighted by molar-refractivity contribution is -0.404. The first-order valence-corrected chi connectivity index (χ1v) is 56.7. The summed E-state index contributed by atoms with van der Waals surface area (Å²) in [6, 6.07) is 15.3. The van der Waals surface area contributed by atoms with Gasteiger partial charge in [0.2, 0.25) is 0 Å². The van der Waals surface area contributed by atoms with Crippen molar-refractivity contribution in [3.8, 4) is 11.1 Å². The van der Waals surface area contributed by atoms with Gasteiger partial charge in [0.05, 0.1) is 77.2 Å². The average molecular weight is 2240 g/mol. The summed E-state index contributed by atoms with van der Waals surface area (Å²) < 4.78 is 350. The molecule has 1 amide bonds. The first kappa shape index (κ1) is 120. The van der Waals surface area contributed by atoms with E-state index in [1.54, 1.807) is 0 Å². The van der Waals surface area contributed by atoms with Crippen LogP contribution in [0, 0.1) is 0 Å². The van der Waals surface area contributed by atoms with Gasteiger partial charge in [-0.3, -0.25) is 77.8 Å². The van der Waals surface area contributed by atoms with Gasteiger partial charge in [-0.25, -0.2) is 4.79 Å². The van der Waals surface area contributed by atoms with E-state index in [0.29, 0.717) is 37.5 Å². The molecular weight excluding hydrogens is 2130 g/mol. The van der Waals surface area contributed by atoms with Gasteiger partial charge in [-0.05, 0) is 34.4 Å². The van der Waals surface area contributed by atoms with E-state index in [2.05, 4.69) is 5.32 Å². The quantitative estimate of drug-likeness (QED) is 0.0322. The van der Waals surface area contributed by atoms with Crippen molar-refractivity contribution in [1.29, 1.82) is 0 Å². The van der Waals surface area contributed by atoms with E-state index >= 15 is 0 Å². The zero-order valence-electron chi connectivity index (χ0n) is 81.8. The molecule has 0 unspecified atom stereocenters. The molecule has 0 radical (unpaired) electrons. The molecule has 23 aliphatic rings. The van der Waals surface area contributed by atoms with Gasteiger partial charge in [0.1, 0.15) is 86.0 Å². The third-order valence-electron chi connectivity index (χ3n) is 21.9. The van der Waals surface area contributed by atoms with Crippen LogP contribution in [0.15, 0.2) is 48.5 Å². The molecule has 828 valence electrons. The van der Waals surface area contributed by atoms with Gasteiger partial charge in [0.15, 0.2) is 105 Å². The molecule has 22 aliphatic heterocycles. The summed E-state index contributed by atoms with van der Waals surface area (Å²) in [5.41, 5.74) is 3.83. The Balaban J connectivity index is 1.22. The van der Waals surface area contributed by atoms with E-state index in [9.17, 15) is 108 Å². The summed E-state index contributed by atoms with van der Waals surface area (Å²) >= 11 is 1.21. The Hall–Kier alpha value is -8.83. The second kappa shape index (κ2) is 52.0. The van der Waals surface area contributed by atoms with Crippen molar-refractivity contribution in [2.75, 3.05) is 108 Å². The first-order valence-electron chi connectivity index (χ1n) is 44.7. The number of benzene rings is 2. The number of hydrogen-bond donors (Lipinski definition) is 1. The highest BCUT2D eigenvalue weighted by atomic mass is 32.2. The molecule has 2 aromatic carbocycles. The second-order valence-corrected chi connectivity index (χ2v) is 45.3. The molecule has 12 bridgehead atoms. The molecule has 22 fully saturated rings. The monoisotopic (exact) mass is 2240 g/mol. The van der Waals surface area contributed by atoms with Gasteiger partial charge >= 0.3 is 71.8 Å². The third kappa shape index (κ3) is 35.6. The lowest BCUT2D eigenvalue weighted by Gasteiger charge is -2.52. The number of ether oxygens (including phenoxy) is 25. The number of carbonyl (C=O) groups excluding carboxylic acids is 12. The molecule has 147 heavy (non-hydrogen) atoms. The Bertz CT molecular complexity index is 5600. The standard InChI is InChI=1S/C84H115NO55S7/c1-38(86)118-66-60-54(32-112-142(12,98)99)129-78(72(66)110-28-22-29-141-30-27-85-84(97)111-31-53-51-25-20-18-23-49(51)50-24-19-21-26-52(50)53)135-61-55(33-113-143(13,100)101)130-80(73(124-44(7)92)67(61)119-39(2)87)137-63-57(35-115-145(15,104)105)132-82(75(126-46(9)94)69(63)121-41(4)89)139-65-59(37-117-147(17,108)109)134-83(77(128-48(11)96)71(65)123-43(6)91)140-64-58(36-116-146(16,106)107)133-81(76(127-47(10)95)70(64)122-42(5)90)138-62-56(34-114-144(14,102)103)131-79(136-60)74(125-45(8)93)68(62)120-40(3)88/h18-21,23-26,53-83H,22,27-37H2,1-17H3,(H,85,97)/t54-,55-,56-,57+,58+,59+,60-,61-,62-,63+,64+,65+,66+,67+,68+,69-,70-,71-,72-,73-,74-,75+,76+,77+,78-,79-,80-,81+,82+,83+/m1/s1. The fraction of sp³-hybridized carbons (Fsp3) is 0.714. The van der Waals surface area contributed by atoms with Crippen molar-refractivity contribution in [1.82, 2.24) is 5.32 Å². The number of rotatable bonds is 39. The van der Waals surface area contributed by atoms with Crippen molar-refractivity contribution >= 4 is 144 Å². The summed E-state index contributed by atoms with van der Waals surface area (Å²) in [6.45, 7) is -1.05. The number of thioether (sulfide) groups is 1. The Kier molecular flexibility index (Phi) is 42.5. The van der Waals surface area contributed by atoms with Gasteiger partial charge in [-0.1, -0.05) is 48.5 Å². The van der Waals surface area contributed by atoms with E-state index in [0.717, 1.165) is 98.4 Å². The maximum atomic E-state index is 14.3. The van der Waals surface area contributed by atoms with Gasteiger partial charge in [-0.15, -0.1) is 0 Å². The van der Waals surface area contributed by atoms with E-state index in [4.69, 9.17) is 144 Å². The molecule has 25 rings (SSSR count). The van der Waals surface area contributed by atoms with Crippen LogP contribution < -0.4 is 5.32 Å². The largest absolute Gasteiger partial charge is 0.457 e. The van der Waals surface area contributed by atoms with Crippen molar-refractivity contribution < 1.29 is 252 Å². The fourth-order valence-corrected chi connectivity index (χ4v) is 19.9. The zero-order valence-corrected chi connectivity index (χ0v) is 87.5. The number of amides is 1. The van der Waals surface area contributed by atoms with Gasteiger partial charge in [0, 0.05) is 101 Å². The molecule has 22 heterocycles. The minimum Gasteiger partial charge on any atom is -0.457 e. The van der Waals surface area contributed by atoms with Crippen LogP contribution in [0.25, 0.3) is 11.1 Å². The zero-order chi connectivity index (χ0) is 109. The number of fused-ring (bicyclic) bond motifs is 3. The lowest BCUT2D eigenvalue weighted by atomic mass is 9.94. The maximum absolute atomic E-state index is 14.3. The molecule has 2 aromatic rings. The number of nitrogens with one attached hydrogen (secondary N) is 1. The van der Waals surface area contributed by atoms with Crippen LogP contribution in [0.3, 0.4) is 0 Å². The predicted molar refractivity (Wildman–Crippen MR) is 482 cm³/mol. The minimum absolute atomic E-state index is 0.00341. The van der Waals surface area contributed by atoms with Crippen LogP contribution in [0.1, 0.15) is 99.6 Å². The van der Waals surface area contributed by atoms with E-state index in [-0.39, 0.29) is 37.0 Å². The van der Waals surface area contributed by atoms with Crippen LogP contribution in [-0.4, -0.2) is 415 Å². The Morgan fingerprint density at radius 1 is 0.272 bits per heavy atom. The smallest absolute Gasteiger partial charge is 0.407 e.